The van der Waals surface area contributed by atoms with Crippen LogP contribution in [0.2, 0.25) is 0 Å². The van der Waals surface area contributed by atoms with Crippen LogP contribution >= 0.6 is 0 Å². The molecule has 100 valence electrons. The van der Waals surface area contributed by atoms with Gasteiger partial charge in [-0.3, -0.25) is 4.79 Å². The number of nitrogens with one attached hydrogen (secondary N) is 2. The summed E-state index contributed by atoms with van der Waals surface area (Å²) in [4.78, 5) is 19.5. The predicted molar refractivity (Wildman–Crippen MR) is 68.2 cm³/mol. The quantitative estimate of drug-likeness (QED) is 0.736. The lowest BCUT2D eigenvalue weighted by Gasteiger charge is -2.04. The van der Waals surface area contributed by atoms with Crippen LogP contribution in [0.1, 0.15) is 17.4 Å². The number of carbonyl (C=O) groups excluding carboxylic acids is 1. The molecule has 0 aliphatic rings. The van der Waals surface area contributed by atoms with Crippen LogP contribution in [-0.4, -0.2) is 49.4 Å². The molecule has 0 aliphatic carbocycles. The molecule has 0 atom stereocenters. The van der Waals surface area contributed by atoms with Crippen molar-refractivity contribution in [2.75, 3.05) is 30.4 Å². The second-order valence-corrected chi connectivity index (χ2v) is 5.96. The van der Waals surface area contributed by atoms with Gasteiger partial charge < -0.3 is 10.6 Å². The molecule has 0 radical (unpaired) electrons. The van der Waals surface area contributed by atoms with E-state index in [2.05, 4.69) is 20.6 Å². The molecule has 1 rings (SSSR count). The summed E-state index contributed by atoms with van der Waals surface area (Å²) in [5, 5.41) is 5.42. The van der Waals surface area contributed by atoms with Gasteiger partial charge in [0, 0.05) is 19.3 Å². The predicted octanol–water partition coefficient (Wildman–Crippen LogP) is -0.317. The second-order valence-electron chi connectivity index (χ2n) is 3.70. The van der Waals surface area contributed by atoms with E-state index in [1.165, 1.54) is 12.4 Å². The fourth-order valence-corrected chi connectivity index (χ4v) is 1.63. The van der Waals surface area contributed by atoms with Crippen molar-refractivity contribution in [3.05, 3.63) is 18.1 Å². The number of sulfone groups is 1. The van der Waals surface area contributed by atoms with Crippen molar-refractivity contribution >= 4 is 21.6 Å². The summed E-state index contributed by atoms with van der Waals surface area (Å²) in [6.45, 7) is 2.70. The van der Waals surface area contributed by atoms with E-state index in [4.69, 9.17) is 0 Å². The Morgan fingerprint density at radius 3 is 2.56 bits per heavy atom. The Morgan fingerprint density at radius 1 is 1.33 bits per heavy atom. The highest BCUT2D eigenvalue weighted by atomic mass is 32.2. The van der Waals surface area contributed by atoms with E-state index >= 15 is 0 Å². The number of hydrogen-bond acceptors (Lipinski definition) is 6. The molecule has 0 saturated heterocycles. The number of hydrogen-bond donors (Lipinski definition) is 2. The van der Waals surface area contributed by atoms with Gasteiger partial charge in [0.2, 0.25) is 0 Å². The maximum Gasteiger partial charge on any atom is 0.271 e. The zero-order valence-electron chi connectivity index (χ0n) is 10.3. The highest BCUT2D eigenvalue weighted by molar-refractivity contribution is 7.90. The Kier molecular flexibility index (Phi) is 5.02. The van der Waals surface area contributed by atoms with Gasteiger partial charge in [0.15, 0.2) is 0 Å². The summed E-state index contributed by atoms with van der Waals surface area (Å²) in [6.07, 6.45) is 3.91. The van der Waals surface area contributed by atoms with Gasteiger partial charge in [-0.2, -0.15) is 0 Å². The van der Waals surface area contributed by atoms with Gasteiger partial charge in [-0.05, 0) is 6.92 Å². The lowest BCUT2D eigenvalue weighted by atomic mass is 10.4. The van der Waals surface area contributed by atoms with Crippen LogP contribution in [0.25, 0.3) is 0 Å². The van der Waals surface area contributed by atoms with E-state index in [0.717, 1.165) is 6.26 Å². The van der Waals surface area contributed by atoms with Gasteiger partial charge in [-0.1, -0.05) is 0 Å². The molecule has 2 N–H and O–H groups in total. The van der Waals surface area contributed by atoms with Crippen LogP contribution in [0.5, 0.6) is 0 Å². The van der Waals surface area contributed by atoms with Crippen molar-refractivity contribution in [1.29, 1.82) is 0 Å². The average molecular weight is 272 g/mol. The van der Waals surface area contributed by atoms with Gasteiger partial charge >= 0.3 is 0 Å². The Hall–Kier alpha value is -1.70. The molecular weight excluding hydrogens is 256 g/mol. The lowest BCUT2D eigenvalue weighted by Crippen LogP contribution is -2.29. The fourth-order valence-electron chi connectivity index (χ4n) is 1.16. The lowest BCUT2D eigenvalue weighted by molar-refractivity contribution is 0.0951. The molecule has 8 heteroatoms. The van der Waals surface area contributed by atoms with Crippen molar-refractivity contribution in [3.63, 3.8) is 0 Å². The number of rotatable bonds is 6. The van der Waals surface area contributed by atoms with Crippen molar-refractivity contribution in [3.8, 4) is 0 Å². The summed E-state index contributed by atoms with van der Waals surface area (Å²) in [6, 6.07) is 0. The van der Waals surface area contributed by atoms with Gasteiger partial charge in [0.1, 0.15) is 21.3 Å². The molecule has 7 nitrogen and oxygen atoms in total. The van der Waals surface area contributed by atoms with E-state index in [0.29, 0.717) is 12.4 Å². The Labute approximate surface area is 106 Å². The Bertz CT molecular complexity index is 498. The second kappa shape index (κ2) is 6.29. The minimum Gasteiger partial charge on any atom is -0.369 e. The van der Waals surface area contributed by atoms with Gasteiger partial charge in [-0.25, -0.2) is 18.4 Å². The van der Waals surface area contributed by atoms with Crippen LogP contribution < -0.4 is 10.6 Å². The molecule has 0 unspecified atom stereocenters. The summed E-state index contributed by atoms with van der Waals surface area (Å²) in [7, 11) is -3.08. The summed E-state index contributed by atoms with van der Waals surface area (Å²) >= 11 is 0. The Balaban J connectivity index is 2.51. The first kappa shape index (κ1) is 14.4. The molecule has 1 amide bonds. The SMILES string of the molecule is CCNc1cnc(C(=O)NCCS(C)(=O)=O)cn1. The third kappa shape index (κ3) is 5.09. The minimum absolute atomic E-state index is 0.0638. The standard InChI is InChI=1S/C10H16N4O3S/c1-3-11-9-7-13-8(6-14-9)10(15)12-4-5-18(2,16)17/h6-7H,3-5H2,1-2H3,(H,11,14)(H,12,15). The molecule has 0 aliphatic heterocycles. The van der Waals surface area contributed by atoms with E-state index in [1.54, 1.807) is 0 Å². The third-order valence-electron chi connectivity index (χ3n) is 2.00. The van der Waals surface area contributed by atoms with Crippen LogP contribution in [0.15, 0.2) is 12.4 Å². The van der Waals surface area contributed by atoms with Crippen LogP contribution in [-0.2, 0) is 9.84 Å². The van der Waals surface area contributed by atoms with Gasteiger partial charge in [0.05, 0.1) is 18.1 Å². The first-order valence-corrected chi connectivity index (χ1v) is 7.50. The molecule has 1 aromatic heterocycles. The highest BCUT2D eigenvalue weighted by Gasteiger charge is 2.09. The maximum absolute atomic E-state index is 11.6. The first-order valence-electron chi connectivity index (χ1n) is 5.44. The largest absolute Gasteiger partial charge is 0.369 e. The molecule has 0 aromatic carbocycles. The average Bonchev–Trinajstić information content (AvgIpc) is 2.28. The highest BCUT2D eigenvalue weighted by Crippen LogP contribution is 2.00. The number of amides is 1. The molecule has 0 fully saturated rings. The summed E-state index contributed by atoms with van der Waals surface area (Å²) < 4.78 is 21.8. The molecule has 1 aromatic rings. The van der Waals surface area contributed by atoms with Crippen molar-refractivity contribution in [2.45, 2.75) is 6.92 Å². The van der Waals surface area contributed by atoms with E-state index in [-0.39, 0.29) is 18.0 Å². The van der Waals surface area contributed by atoms with Crippen LogP contribution in [0.3, 0.4) is 0 Å². The number of anilines is 1. The molecule has 0 saturated carbocycles. The molecular formula is C10H16N4O3S. The normalized spacial score (nSPS) is 11.0. The van der Waals surface area contributed by atoms with E-state index < -0.39 is 15.7 Å². The fraction of sp³-hybridized carbons (Fsp3) is 0.500. The zero-order chi connectivity index (χ0) is 13.6. The van der Waals surface area contributed by atoms with Gasteiger partial charge in [-0.15, -0.1) is 0 Å². The number of carbonyl (C=O) groups is 1. The summed E-state index contributed by atoms with van der Waals surface area (Å²) in [5.74, 6) is 0.0566. The topological polar surface area (TPSA) is 101 Å². The van der Waals surface area contributed by atoms with E-state index in [1.807, 2.05) is 6.92 Å². The monoisotopic (exact) mass is 272 g/mol. The van der Waals surface area contributed by atoms with Crippen LogP contribution in [0.4, 0.5) is 5.82 Å². The number of nitrogens with zero attached hydrogens (tertiary/aromatic N) is 2. The third-order valence-corrected chi connectivity index (χ3v) is 2.95. The summed E-state index contributed by atoms with van der Waals surface area (Å²) in [5.41, 5.74) is 0.158. The zero-order valence-corrected chi connectivity index (χ0v) is 11.1. The molecule has 0 spiro atoms. The first-order chi connectivity index (χ1) is 8.42. The van der Waals surface area contributed by atoms with Crippen LogP contribution in [0, 0.1) is 0 Å². The van der Waals surface area contributed by atoms with Crippen molar-refractivity contribution in [2.24, 2.45) is 0 Å². The maximum atomic E-state index is 11.6. The minimum atomic E-state index is -3.08. The smallest absolute Gasteiger partial charge is 0.271 e. The molecule has 1 heterocycles. The van der Waals surface area contributed by atoms with Crippen molar-refractivity contribution < 1.29 is 13.2 Å². The van der Waals surface area contributed by atoms with E-state index in [9.17, 15) is 13.2 Å². The Morgan fingerprint density at radius 2 is 2.06 bits per heavy atom. The molecule has 18 heavy (non-hydrogen) atoms. The molecule has 0 bridgehead atoms. The number of aromatic nitrogens is 2. The van der Waals surface area contributed by atoms with Crippen molar-refractivity contribution in [1.82, 2.24) is 15.3 Å². The van der Waals surface area contributed by atoms with Gasteiger partial charge in [0.25, 0.3) is 5.91 Å².